The van der Waals surface area contributed by atoms with Gasteiger partial charge in [0.2, 0.25) is 0 Å². The van der Waals surface area contributed by atoms with Gasteiger partial charge in [0.25, 0.3) is 11.6 Å². The van der Waals surface area contributed by atoms with Crippen LogP contribution in [0, 0.1) is 12.7 Å². The summed E-state index contributed by atoms with van der Waals surface area (Å²) in [6, 6.07) is 11.0. The van der Waals surface area contributed by atoms with Crippen molar-refractivity contribution < 1.29 is 18.1 Å². The first-order valence-electron chi connectivity index (χ1n) is 8.47. The van der Waals surface area contributed by atoms with E-state index in [0.29, 0.717) is 40.3 Å². The number of anilines is 1. The lowest BCUT2D eigenvalue weighted by Gasteiger charge is -2.21. The molecule has 3 heterocycles. The number of hydrogen-bond donors (Lipinski definition) is 0. The van der Waals surface area contributed by atoms with Crippen LogP contribution in [0.25, 0.3) is 22.6 Å². The lowest BCUT2D eigenvalue weighted by Crippen LogP contribution is -2.31. The van der Waals surface area contributed by atoms with Crippen molar-refractivity contribution in [3.05, 3.63) is 65.8 Å². The van der Waals surface area contributed by atoms with E-state index in [9.17, 15) is 9.18 Å². The third kappa shape index (κ3) is 2.97. The Morgan fingerprint density at radius 2 is 2.00 bits per heavy atom. The van der Waals surface area contributed by atoms with E-state index in [-0.39, 0.29) is 17.4 Å². The van der Waals surface area contributed by atoms with Gasteiger partial charge in [-0.1, -0.05) is 5.16 Å². The summed E-state index contributed by atoms with van der Waals surface area (Å²) in [4.78, 5) is 19.3. The molecule has 1 aromatic carbocycles. The fraction of sp³-hybridized carbons (Fsp3) is 0.150. The smallest absolute Gasteiger partial charge is 0.259 e. The van der Waals surface area contributed by atoms with Gasteiger partial charge in [0.05, 0.1) is 22.9 Å². The van der Waals surface area contributed by atoms with Crippen molar-refractivity contribution in [2.24, 2.45) is 0 Å². The second-order valence-electron chi connectivity index (χ2n) is 6.01. The molecule has 27 heavy (non-hydrogen) atoms. The quantitative estimate of drug-likeness (QED) is 0.529. The molecule has 0 spiro atoms. The van der Waals surface area contributed by atoms with Crippen molar-refractivity contribution in [3.63, 3.8) is 0 Å². The highest BCUT2D eigenvalue weighted by Gasteiger charge is 2.24. The molecule has 0 aliphatic rings. The first kappa shape index (κ1) is 17.0. The van der Waals surface area contributed by atoms with E-state index in [1.807, 2.05) is 6.92 Å². The summed E-state index contributed by atoms with van der Waals surface area (Å²) < 4.78 is 24.0. The third-order valence-electron chi connectivity index (χ3n) is 4.32. The Bertz CT molecular complexity index is 1100. The minimum Gasteiger partial charge on any atom is -0.463 e. The van der Waals surface area contributed by atoms with E-state index in [0.717, 1.165) is 0 Å². The number of rotatable bonds is 4. The van der Waals surface area contributed by atoms with Gasteiger partial charge < -0.3 is 13.8 Å². The monoisotopic (exact) mass is 365 g/mol. The number of hydrogen-bond acceptors (Lipinski definition) is 5. The number of pyridine rings is 1. The van der Waals surface area contributed by atoms with Crippen LogP contribution >= 0.6 is 0 Å². The molecule has 1 amide bonds. The zero-order chi connectivity index (χ0) is 19.0. The van der Waals surface area contributed by atoms with Gasteiger partial charge in [-0.3, -0.25) is 4.79 Å². The number of aromatic nitrogens is 2. The second-order valence-corrected chi connectivity index (χ2v) is 6.01. The van der Waals surface area contributed by atoms with Crippen molar-refractivity contribution in [1.82, 2.24) is 10.1 Å². The molecule has 136 valence electrons. The summed E-state index contributed by atoms with van der Waals surface area (Å²) >= 11 is 0. The van der Waals surface area contributed by atoms with E-state index in [1.54, 1.807) is 42.2 Å². The molecule has 0 radical (unpaired) electrons. The molecule has 4 aromatic rings. The lowest BCUT2D eigenvalue weighted by atomic mass is 10.1. The average Bonchev–Trinajstić information content (AvgIpc) is 3.33. The lowest BCUT2D eigenvalue weighted by molar-refractivity contribution is 0.0989. The number of nitrogens with zero attached hydrogens (tertiary/aromatic N) is 3. The van der Waals surface area contributed by atoms with Crippen molar-refractivity contribution in [2.75, 3.05) is 11.4 Å². The number of carbonyl (C=O) groups is 1. The minimum absolute atomic E-state index is 0.254. The summed E-state index contributed by atoms with van der Waals surface area (Å²) in [6.45, 7) is 4.02. The molecular weight excluding hydrogens is 349 g/mol. The van der Waals surface area contributed by atoms with Crippen LogP contribution in [-0.4, -0.2) is 22.6 Å². The molecule has 0 aliphatic carbocycles. The second kappa shape index (κ2) is 6.68. The van der Waals surface area contributed by atoms with Crippen LogP contribution in [-0.2, 0) is 0 Å². The van der Waals surface area contributed by atoms with E-state index < -0.39 is 0 Å². The number of fused-ring (bicyclic) bond motifs is 1. The largest absolute Gasteiger partial charge is 0.463 e. The summed E-state index contributed by atoms with van der Waals surface area (Å²) in [5.41, 5.74) is 2.31. The predicted octanol–water partition coefficient (Wildman–Crippen LogP) is 4.60. The fourth-order valence-electron chi connectivity index (χ4n) is 3.02. The van der Waals surface area contributed by atoms with E-state index >= 15 is 0 Å². The van der Waals surface area contributed by atoms with Crippen molar-refractivity contribution in [1.29, 1.82) is 0 Å². The van der Waals surface area contributed by atoms with Crippen LogP contribution in [0.1, 0.15) is 23.0 Å². The predicted molar refractivity (Wildman–Crippen MR) is 98.0 cm³/mol. The maximum atomic E-state index is 13.4. The molecule has 7 heteroatoms. The highest BCUT2D eigenvalue weighted by atomic mass is 19.1. The summed E-state index contributed by atoms with van der Waals surface area (Å²) in [7, 11) is 0. The van der Waals surface area contributed by atoms with Crippen LogP contribution in [0.5, 0.6) is 0 Å². The molecular formula is C20H16FN3O3. The van der Waals surface area contributed by atoms with E-state index in [4.69, 9.17) is 8.94 Å². The van der Waals surface area contributed by atoms with Gasteiger partial charge in [-0.15, -0.1) is 0 Å². The molecule has 0 bridgehead atoms. The Hall–Kier alpha value is -3.48. The molecule has 0 saturated heterocycles. The van der Waals surface area contributed by atoms with Gasteiger partial charge in [0.15, 0.2) is 5.76 Å². The first-order chi connectivity index (χ1) is 13.1. The van der Waals surface area contributed by atoms with Crippen LogP contribution in [0.15, 0.2) is 57.7 Å². The standard InChI is InChI=1S/C20H16FN3O3/c1-3-24(14-8-6-13(21)7-9-14)20(25)15-11-16(17-5-4-10-26-17)22-19-18(15)12(2)23-27-19/h4-11H,3H2,1-2H3. The van der Waals surface area contributed by atoms with Gasteiger partial charge >= 0.3 is 0 Å². The average molecular weight is 365 g/mol. The van der Waals surface area contributed by atoms with E-state index in [1.165, 1.54) is 18.4 Å². The molecule has 4 rings (SSSR count). The first-order valence-corrected chi connectivity index (χ1v) is 8.47. The van der Waals surface area contributed by atoms with Crippen LogP contribution in [0.3, 0.4) is 0 Å². The molecule has 3 aromatic heterocycles. The molecule has 0 aliphatic heterocycles. The third-order valence-corrected chi connectivity index (χ3v) is 4.32. The number of halogens is 1. The molecule has 0 unspecified atom stereocenters. The Kier molecular flexibility index (Phi) is 4.19. The van der Waals surface area contributed by atoms with Gasteiger partial charge in [-0.05, 0) is 56.3 Å². The van der Waals surface area contributed by atoms with Crippen molar-refractivity contribution >= 4 is 22.7 Å². The van der Waals surface area contributed by atoms with Crippen molar-refractivity contribution in [2.45, 2.75) is 13.8 Å². The van der Waals surface area contributed by atoms with Gasteiger partial charge in [0.1, 0.15) is 11.5 Å². The Morgan fingerprint density at radius 1 is 1.22 bits per heavy atom. The fourth-order valence-corrected chi connectivity index (χ4v) is 3.02. The Morgan fingerprint density at radius 3 is 2.67 bits per heavy atom. The molecule has 0 atom stereocenters. The van der Waals surface area contributed by atoms with E-state index in [2.05, 4.69) is 10.1 Å². The SMILES string of the molecule is CCN(C(=O)c1cc(-c2ccco2)nc2onc(C)c12)c1ccc(F)cc1. The number of aryl methyl sites for hydroxylation is 1. The minimum atomic E-state index is -0.358. The number of amides is 1. The molecule has 6 nitrogen and oxygen atoms in total. The number of carbonyl (C=O) groups excluding carboxylic acids is 1. The van der Waals surface area contributed by atoms with Crippen LogP contribution in [0.4, 0.5) is 10.1 Å². The van der Waals surface area contributed by atoms with Gasteiger partial charge in [-0.25, -0.2) is 9.37 Å². The molecule has 0 saturated carbocycles. The summed E-state index contributed by atoms with van der Waals surface area (Å²) in [6.07, 6.45) is 1.53. The number of benzene rings is 1. The zero-order valence-corrected chi connectivity index (χ0v) is 14.8. The Balaban J connectivity index is 1.87. The van der Waals surface area contributed by atoms with Crippen molar-refractivity contribution in [3.8, 4) is 11.5 Å². The molecule has 0 N–H and O–H groups in total. The normalized spacial score (nSPS) is 11.1. The topological polar surface area (TPSA) is 72.4 Å². The van der Waals surface area contributed by atoms with Crippen LogP contribution < -0.4 is 4.90 Å². The summed E-state index contributed by atoms with van der Waals surface area (Å²) in [5, 5.41) is 4.49. The zero-order valence-electron chi connectivity index (χ0n) is 14.8. The Labute approximate surface area is 154 Å². The maximum Gasteiger partial charge on any atom is 0.259 e. The molecule has 0 fully saturated rings. The number of furan rings is 1. The summed E-state index contributed by atoms with van der Waals surface area (Å²) in [5.74, 6) is -0.0935. The van der Waals surface area contributed by atoms with Crippen LogP contribution in [0.2, 0.25) is 0 Å². The highest BCUT2D eigenvalue weighted by molar-refractivity contribution is 6.14. The van der Waals surface area contributed by atoms with Gasteiger partial charge in [-0.2, -0.15) is 0 Å². The van der Waals surface area contributed by atoms with Gasteiger partial charge in [0, 0.05) is 12.2 Å². The maximum absolute atomic E-state index is 13.4. The highest BCUT2D eigenvalue weighted by Crippen LogP contribution is 2.29.